The summed E-state index contributed by atoms with van der Waals surface area (Å²) in [5.74, 6) is -0.393. The fourth-order valence-electron chi connectivity index (χ4n) is 4.12. The fraction of sp³-hybridized carbons (Fsp3) is 0.391. The minimum absolute atomic E-state index is 0.393. The molecule has 6 nitrogen and oxygen atoms in total. The van der Waals surface area contributed by atoms with Crippen LogP contribution in [-0.2, 0) is 17.6 Å². The number of rotatable bonds is 5. The summed E-state index contributed by atoms with van der Waals surface area (Å²) in [5, 5.41) is 40.7. The summed E-state index contributed by atoms with van der Waals surface area (Å²) in [6, 6.07) is 12.8. The number of halogens is 1. The molecule has 7 heteroatoms. The van der Waals surface area contributed by atoms with Crippen LogP contribution in [0.15, 0.2) is 48.7 Å². The molecule has 0 bridgehead atoms. The highest BCUT2D eigenvalue weighted by molar-refractivity contribution is 5.85. The number of aryl methyl sites for hydroxylation is 1. The number of aliphatic hydroxyl groups excluding tert-OH is 4. The van der Waals surface area contributed by atoms with Gasteiger partial charge in [-0.2, -0.15) is 0 Å². The summed E-state index contributed by atoms with van der Waals surface area (Å²) in [6.07, 6.45) is -3.40. The van der Waals surface area contributed by atoms with E-state index in [9.17, 15) is 24.8 Å². The van der Waals surface area contributed by atoms with Gasteiger partial charge < -0.3 is 29.7 Å². The Morgan fingerprint density at radius 1 is 0.967 bits per heavy atom. The highest BCUT2D eigenvalue weighted by atomic mass is 19.1. The number of hydrogen-bond acceptors (Lipinski definition) is 5. The monoisotopic (exact) mass is 415 g/mol. The van der Waals surface area contributed by atoms with Crippen LogP contribution in [0.5, 0.6) is 0 Å². The minimum atomic E-state index is -1.50. The Hall–Kier alpha value is -2.29. The molecule has 1 aliphatic rings. The van der Waals surface area contributed by atoms with Crippen molar-refractivity contribution in [1.82, 2.24) is 4.57 Å². The van der Waals surface area contributed by atoms with Gasteiger partial charge in [-0.05, 0) is 41.7 Å². The summed E-state index contributed by atoms with van der Waals surface area (Å²) >= 11 is 0. The molecule has 2 aromatic carbocycles. The molecule has 5 atom stereocenters. The van der Waals surface area contributed by atoms with E-state index in [0.29, 0.717) is 22.9 Å². The first-order valence-corrected chi connectivity index (χ1v) is 10.1. The van der Waals surface area contributed by atoms with Crippen LogP contribution in [0.25, 0.3) is 10.9 Å². The van der Waals surface area contributed by atoms with Crippen molar-refractivity contribution in [2.75, 3.05) is 6.61 Å². The molecular weight excluding hydrogens is 389 g/mol. The van der Waals surface area contributed by atoms with E-state index < -0.39 is 43.1 Å². The van der Waals surface area contributed by atoms with Gasteiger partial charge in [-0.3, -0.25) is 0 Å². The van der Waals surface area contributed by atoms with E-state index in [1.807, 2.05) is 24.3 Å². The molecule has 4 rings (SSSR count). The van der Waals surface area contributed by atoms with E-state index in [1.165, 1.54) is 11.6 Å². The molecular formula is C23H26FNO5. The lowest BCUT2D eigenvalue weighted by molar-refractivity contribution is -0.250. The van der Waals surface area contributed by atoms with Crippen LogP contribution < -0.4 is 0 Å². The topological polar surface area (TPSA) is 95.1 Å². The fourth-order valence-corrected chi connectivity index (χ4v) is 4.12. The van der Waals surface area contributed by atoms with Crippen LogP contribution in [0.2, 0.25) is 0 Å². The van der Waals surface area contributed by atoms with Crippen LogP contribution >= 0.6 is 0 Å². The number of benzene rings is 2. The molecule has 1 saturated heterocycles. The van der Waals surface area contributed by atoms with Gasteiger partial charge in [-0.25, -0.2) is 4.39 Å². The zero-order valence-corrected chi connectivity index (χ0v) is 16.6. The lowest BCUT2D eigenvalue weighted by Crippen LogP contribution is -2.56. The van der Waals surface area contributed by atoms with E-state index in [2.05, 4.69) is 6.92 Å². The SMILES string of the molecule is CCc1ccc(Cc2cn([C@@H]3O[C@H](CO)[C@@H](O)[C@H](O)[C@H]3O)c3cccc(F)c23)cc1. The van der Waals surface area contributed by atoms with Crippen LogP contribution in [0.1, 0.15) is 29.8 Å². The first-order chi connectivity index (χ1) is 14.4. The second kappa shape index (κ2) is 8.45. The second-order valence-corrected chi connectivity index (χ2v) is 7.76. The third-order valence-corrected chi connectivity index (χ3v) is 5.85. The van der Waals surface area contributed by atoms with Gasteiger partial charge in [-0.1, -0.05) is 37.3 Å². The van der Waals surface area contributed by atoms with Gasteiger partial charge in [0.1, 0.15) is 30.2 Å². The lowest BCUT2D eigenvalue weighted by Gasteiger charge is -2.40. The van der Waals surface area contributed by atoms with Gasteiger partial charge in [-0.15, -0.1) is 0 Å². The average Bonchev–Trinajstić information content (AvgIpc) is 3.12. The van der Waals surface area contributed by atoms with Crippen molar-refractivity contribution in [2.24, 2.45) is 0 Å². The Kier molecular flexibility index (Phi) is 5.90. The molecule has 0 saturated carbocycles. The standard InChI is InChI=1S/C23H26FNO5/c1-2-13-6-8-14(9-7-13)10-15-11-25(17-5-3-4-16(24)19(15)17)23-22(29)21(28)20(27)18(12-26)30-23/h3-9,11,18,20-23,26-29H,2,10,12H2,1H3/t18-,20-,21+,22-,23-/m1/s1. The molecule has 2 heterocycles. The van der Waals surface area contributed by atoms with Crippen LogP contribution in [0.3, 0.4) is 0 Å². The maximum Gasteiger partial charge on any atom is 0.163 e. The summed E-state index contributed by atoms with van der Waals surface area (Å²) < 4.78 is 22.0. The molecule has 3 aromatic rings. The van der Waals surface area contributed by atoms with Crippen molar-refractivity contribution in [1.29, 1.82) is 0 Å². The van der Waals surface area contributed by atoms with E-state index in [4.69, 9.17) is 4.74 Å². The van der Waals surface area contributed by atoms with Gasteiger partial charge in [0.15, 0.2) is 6.23 Å². The number of ether oxygens (including phenoxy) is 1. The van der Waals surface area contributed by atoms with Gasteiger partial charge in [0.25, 0.3) is 0 Å². The van der Waals surface area contributed by atoms with Crippen molar-refractivity contribution in [3.8, 4) is 0 Å². The highest BCUT2D eigenvalue weighted by Gasteiger charge is 2.44. The van der Waals surface area contributed by atoms with E-state index in [1.54, 1.807) is 22.9 Å². The lowest BCUT2D eigenvalue weighted by atomic mass is 9.98. The summed E-state index contributed by atoms with van der Waals surface area (Å²) in [4.78, 5) is 0. The highest BCUT2D eigenvalue weighted by Crippen LogP contribution is 2.34. The number of hydrogen-bond donors (Lipinski definition) is 4. The summed E-state index contributed by atoms with van der Waals surface area (Å²) in [5.41, 5.74) is 3.45. The number of nitrogens with zero attached hydrogens (tertiary/aromatic N) is 1. The van der Waals surface area contributed by atoms with Gasteiger partial charge >= 0.3 is 0 Å². The zero-order valence-electron chi connectivity index (χ0n) is 16.6. The maximum absolute atomic E-state index is 14.8. The second-order valence-electron chi connectivity index (χ2n) is 7.76. The molecule has 0 unspecified atom stereocenters. The van der Waals surface area contributed by atoms with E-state index in [0.717, 1.165) is 12.0 Å². The average molecular weight is 415 g/mol. The van der Waals surface area contributed by atoms with Crippen molar-refractivity contribution in [2.45, 2.75) is 50.4 Å². The molecule has 30 heavy (non-hydrogen) atoms. The Balaban J connectivity index is 1.76. The molecule has 0 radical (unpaired) electrons. The Morgan fingerprint density at radius 3 is 2.33 bits per heavy atom. The minimum Gasteiger partial charge on any atom is -0.394 e. The van der Waals surface area contributed by atoms with E-state index >= 15 is 0 Å². The van der Waals surface area contributed by atoms with Crippen LogP contribution in [-0.4, -0.2) is 56.0 Å². The summed E-state index contributed by atoms with van der Waals surface area (Å²) in [6.45, 7) is 1.56. The zero-order chi connectivity index (χ0) is 21.4. The van der Waals surface area contributed by atoms with Crippen LogP contribution in [0, 0.1) is 5.82 Å². The van der Waals surface area contributed by atoms with E-state index in [-0.39, 0.29) is 0 Å². The molecule has 1 aromatic heterocycles. The van der Waals surface area contributed by atoms with Gasteiger partial charge in [0.05, 0.1) is 12.1 Å². The van der Waals surface area contributed by atoms with Crippen molar-refractivity contribution >= 4 is 10.9 Å². The van der Waals surface area contributed by atoms with Gasteiger partial charge in [0.2, 0.25) is 0 Å². The largest absolute Gasteiger partial charge is 0.394 e. The van der Waals surface area contributed by atoms with Crippen molar-refractivity contribution < 1.29 is 29.6 Å². The summed E-state index contributed by atoms with van der Waals surface area (Å²) in [7, 11) is 0. The van der Waals surface area contributed by atoms with Gasteiger partial charge in [0, 0.05) is 11.6 Å². The number of aliphatic hydroxyl groups is 4. The predicted octanol–water partition coefficient (Wildman–Crippen LogP) is 1.91. The molecule has 4 N–H and O–H groups in total. The number of aromatic nitrogens is 1. The normalized spacial score (nSPS) is 26.9. The Morgan fingerprint density at radius 2 is 1.67 bits per heavy atom. The van der Waals surface area contributed by atoms with Crippen molar-refractivity contribution in [3.63, 3.8) is 0 Å². The molecule has 0 spiro atoms. The predicted molar refractivity (Wildman–Crippen MR) is 110 cm³/mol. The smallest absolute Gasteiger partial charge is 0.163 e. The maximum atomic E-state index is 14.8. The Bertz CT molecular complexity index is 1020. The van der Waals surface area contributed by atoms with Crippen molar-refractivity contribution in [3.05, 3.63) is 71.2 Å². The molecule has 160 valence electrons. The third kappa shape index (κ3) is 3.64. The Labute approximate surface area is 173 Å². The first-order valence-electron chi connectivity index (χ1n) is 10.1. The number of fused-ring (bicyclic) bond motifs is 1. The molecule has 0 aliphatic carbocycles. The molecule has 0 amide bonds. The molecule has 1 fully saturated rings. The third-order valence-electron chi connectivity index (χ3n) is 5.85. The first kappa shape index (κ1) is 21.0. The van der Waals surface area contributed by atoms with Crippen LogP contribution in [0.4, 0.5) is 4.39 Å². The quantitative estimate of drug-likeness (QED) is 0.511. The molecule has 1 aliphatic heterocycles.